The van der Waals surface area contributed by atoms with Gasteiger partial charge in [-0.2, -0.15) is 0 Å². The van der Waals surface area contributed by atoms with Crippen LogP contribution in [0.3, 0.4) is 0 Å². The maximum atomic E-state index is 11.9. The summed E-state index contributed by atoms with van der Waals surface area (Å²) >= 11 is 0. The summed E-state index contributed by atoms with van der Waals surface area (Å²) in [4.78, 5) is 9.73. The quantitative estimate of drug-likeness (QED) is 0.398. The van der Waals surface area contributed by atoms with Crippen LogP contribution < -0.4 is 5.73 Å². The van der Waals surface area contributed by atoms with E-state index in [0.717, 1.165) is 0 Å². The van der Waals surface area contributed by atoms with Crippen LogP contribution in [0.5, 0.6) is 0 Å². The first kappa shape index (κ1) is 17.6. The summed E-state index contributed by atoms with van der Waals surface area (Å²) in [5.74, 6) is -0.420. The summed E-state index contributed by atoms with van der Waals surface area (Å²) in [6, 6.07) is -0.648. The molecular weight excluding hydrogens is 289 g/mol. The summed E-state index contributed by atoms with van der Waals surface area (Å²) < 4.78 is 21.9. The zero-order valence-electron chi connectivity index (χ0n) is 11.4. The molecular formula is C11H22NO7P. The molecule has 0 aromatic carbocycles. The van der Waals surface area contributed by atoms with Gasteiger partial charge < -0.3 is 35.2 Å². The molecule has 0 aliphatic carbocycles. The maximum absolute atomic E-state index is 11.9. The Morgan fingerprint density at radius 1 is 1.55 bits per heavy atom. The van der Waals surface area contributed by atoms with E-state index in [2.05, 4.69) is 0 Å². The fourth-order valence-corrected chi connectivity index (χ4v) is 3.02. The van der Waals surface area contributed by atoms with Gasteiger partial charge in [0.05, 0.1) is 13.2 Å². The van der Waals surface area contributed by atoms with Crippen molar-refractivity contribution in [2.45, 2.75) is 38.2 Å². The van der Waals surface area contributed by atoms with Gasteiger partial charge in [0, 0.05) is 12.0 Å². The molecule has 1 rings (SSSR count). The average molecular weight is 311 g/mol. The number of rotatable bonds is 6. The van der Waals surface area contributed by atoms with E-state index in [9.17, 15) is 19.7 Å². The first-order chi connectivity index (χ1) is 9.24. The van der Waals surface area contributed by atoms with E-state index < -0.39 is 44.5 Å². The molecule has 20 heavy (non-hydrogen) atoms. The lowest BCUT2D eigenvalue weighted by Gasteiger charge is -2.38. The Balaban J connectivity index is 2.98. The predicted octanol–water partition coefficient (Wildman–Crippen LogP) is -0.874. The first-order valence-corrected chi connectivity index (χ1v) is 7.91. The minimum Gasteiger partial charge on any atom is -0.479 e. The van der Waals surface area contributed by atoms with Crippen LogP contribution >= 0.6 is 7.60 Å². The lowest BCUT2D eigenvalue weighted by atomic mass is 9.89. The van der Waals surface area contributed by atoms with Crippen molar-refractivity contribution >= 4 is 7.60 Å². The molecule has 0 fully saturated rings. The van der Waals surface area contributed by atoms with Crippen LogP contribution in [0.25, 0.3) is 0 Å². The summed E-state index contributed by atoms with van der Waals surface area (Å²) in [7, 11) is -4.14. The van der Waals surface area contributed by atoms with Crippen LogP contribution in [-0.4, -0.2) is 57.8 Å². The van der Waals surface area contributed by atoms with E-state index in [4.69, 9.17) is 20.1 Å². The molecule has 1 unspecified atom stereocenters. The van der Waals surface area contributed by atoms with Gasteiger partial charge in [0.2, 0.25) is 5.50 Å². The third-order valence-corrected chi connectivity index (χ3v) is 4.64. The van der Waals surface area contributed by atoms with E-state index in [1.54, 1.807) is 13.8 Å². The van der Waals surface area contributed by atoms with Crippen LogP contribution in [0, 0.1) is 5.92 Å². The Bertz CT molecular complexity index is 402. The Kier molecular flexibility index (Phi) is 6.15. The molecule has 0 radical (unpaired) electrons. The highest BCUT2D eigenvalue weighted by Gasteiger charge is 2.42. The zero-order valence-corrected chi connectivity index (χ0v) is 12.3. The first-order valence-electron chi connectivity index (χ1n) is 6.33. The van der Waals surface area contributed by atoms with Crippen LogP contribution in [0.2, 0.25) is 0 Å². The molecule has 8 nitrogen and oxygen atoms in total. The van der Waals surface area contributed by atoms with Gasteiger partial charge in [0.1, 0.15) is 18.3 Å². The van der Waals surface area contributed by atoms with Crippen LogP contribution in [0.15, 0.2) is 11.6 Å². The Morgan fingerprint density at radius 3 is 2.65 bits per heavy atom. The number of hydrogen-bond donors (Lipinski definition) is 5. The van der Waals surface area contributed by atoms with Gasteiger partial charge in [-0.15, -0.1) is 0 Å². The van der Waals surface area contributed by atoms with Crippen molar-refractivity contribution in [1.82, 2.24) is 0 Å². The second kappa shape index (κ2) is 7.00. The smallest absolute Gasteiger partial charge is 0.392 e. The molecule has 9 heteroatoms. The largest absolute Gasteiger partial charge is 0.479 e. The third-order valence-electron chi connectivity index (χ3n) is 3.22. The molecule has 6 atom stereocenters. The van der Waals surface area contributed by atoms with Crippen molar-refractivity contribution < 1.29 is 34.0 Å². The van der Waals surface area contributed by atoms with Crippen molar-refractivity contribution in [3.8, 4) is 0 Å². The van der Waals surface area contributed by atoms with Gasteiger partial charge in [-0.05, 0) is 13.0 Å². The summed E-state index contributed by atoms with van der Waals surface area (Å²) in [6.07, 6.45) is -2.62. The Morgan fingerprint density at radius 2 is 2.15 bits per heavy atom. The lowest BCUT2D eigenvalue weighted by molar-refractivity contribution is -0.106. The van der Waals surface area contributed by atoms with Gasteiger partial charge in [0.25, 0.3) is 0 Å². The third kappa shape index (κ3) is 3.79. The fraction of sp³-hybridized carbons (Fsp3) is 0.818. The van der Waals surface area contributed by atoms with Crippen molar-refractivity contribution in [3.05, 3.63) is 11.6 Å². The van der Waals surface area contributed by atoms with Crippen molar-refractivity contribution in [2.24, 2.45) is 11.7 Å². The average Bonchev–Trinajstić information content (AvgIpc) is 2.39. The number of ether oxygens (including phenoxy) is 1. The molecule has 6 N–H and O–H groups in total. The second-order valence-corrected chi connectivity index (χ2v) is 6.44. The van der Waals surface area contributed by atoms with Crippen LogP contribution in [0.4, 0.5) is 0 Å². The molecule has 0 aromatic rings. The highest BCUT2D eigenvalue weighted by Crippen LogP contribution is 2.53. The molecule has 0 amide bonds. The van der Waals surface area contributed by atoms with E-state index in [1.165, 1.54) is 6.08 Å². The Hall–Kier alpha value is -0.470. The summed E-state index contributed by atoms with van der Waals surface area (Å²) in [5, 5.41) is 28.2. The second-order valence-electron chi connectivity index (χ2n) is 4.70. The SMILES string of the molecule is CCOP(=O)(O)C1=C[C@H](N)[C@@H](C)[C@H]([C@H](O)[C@H](O)CO)O1. The maximum Gasteiger partial charge on any atom is 0.392 e. The molecule has 1 aliphatic rings. The van der Waals surface area contributed by atoms with Crippen molar-refractivity contribution in [2.75, 3.05) is 13.2 Å². The van der Waals surface area contributed by atoms with Gasteiger partial charge in [-0.25, -0.2) is 0 Å². The molecule has 0 spiro atoms. The standard InChI is InChI=1S/C11H22NO7P/c1-3-18-20(16,17)9-4-7(12)6(2)11(19-9)10(15)8(14)5-13/h4,6-8,10-11,13-15H,3,5,12H2,1-2H3,(H,16,17)/t6-,7+,8-,10-,11-/m1/s1. The van der Waals surface area contributed by atoms with Crippen molar-refractivity contribution in [3.63, 3.8) is 0 Å². The molecule has 1 heterocycles. The van der Waals surface area contributed by atoms with Crippen molar-refractivity contribution in [1.29, 1.82) is 0 Å². The van der Waals surface area contributed by atoms with E-state index in [-0.39, 0.29) is 12.1 Å². The molecule has 0 saturated heterocycles. The minimum absolute atomic E-state index is 0.00571. The number of aliphatic hydroxyl groups excluding tert-OH is 3. The van der Waals surface area contributed by atoms with Gasteiger partial charge in [0.15, 0.2) is 0 Å². The monoisotopic (exact) mass is 311 g/mol. The normalized spacial score (nSPS) is 32.8. The number of hydrogen-bond acceptors (Lipinski definition) is 7. The molecule has 0 aromatic heterocycles. The van der Waals surface area contributed by atoms with Crippen LogP contribution in [-0.2, 0) is 13.8 Å². The topological polar surface area (TPSA) is 142 Å². The number of nitrogens with two attached hydrogens (primary N) is 1. The highest BCUT2D eigenvalue weighted by atomic mass is 31.2. The van der Waals surface area contributed by atoms with Gasteiger partial charge in [-0.3, -0.25) is 4.57 Å². The lowest BCUT2D eigenvalue weighted by Crippen LogP contribution is -2.50. The predicted molar refractivity (Wildman–Crippen MR) is 70.6 cm³/mol. The molecule has 0 saturated carbocycles. The molecule has 1 aliphatic heterocycles. The van der Waals surface area contributed by atoms with Gasteiger partial charge in [-0.1, -0.05) is 6.92 Å². The fourth-order valence-electron chi connectivity index (χ4n) is 1.93. The van der Waals surface area contributed by atoms with E-state index in [1.807, 2.05) is 0 Å². The molecule has 118 valence electrons. The van der Waals surface area contributed by atoms with E-state index in [0.29, 0.717) is 0 Å². The van der Waals surface area contributed by atoms with E-state index >= 15 is 0 Å². The minimum atomic E-state index is -4.14. The summed E-state index contributed by atoms with van der Waals surface area (Å²) in [6.45, 7) is 2.56. The molecule has 0 bridgehead atoms. The number of aliphatic hydroxyl groups is 3. The van der Waals surface area contributed by atoms with Gasteiger partial charge >= 0.3 is 7.60 Å². The zero-order chi connectivity index (χ0) is 15.5. The summed E-state index contributed by atoms with van der Waals surface area (Å²) in [5.41, 5.74) is 5.48. The Labute approximate surface area is 117 Å². The highest BCUT2D eigenvalue weighted by molar-refractivity contribution is 7.57. The van der Waals surface area contributed by atoms with Crippen LogP contribution in [0.1, 0.15) is 13.8 Å².